The molecule has 5 atom stereocenters. The van der Waals surface area contributed by atoms with Crippen LogP contribution in [-0.4, -0.2) is 28.1 Å². The maximum Gasteiger partial charge on any atom is 0.309 e. The second-order valence-corrected chi connectivity index (χ2v) is 30.3. The summed E-state index contributed by atoms with van der Waals surface area (Å²) in [6.07, 6.45) is 99.4. The summed E-state index contributed by atoms with van der Waals surface area (Å²) in [5, 5.41) is 20.6. The van der Waals surface area contributed by atoms with Crippen molar-refractivity contribution in [3.8, 4) is 0 Å². The van der Waals surface area contributed by atoms with E-state index >= 15 is 0 Å². The molecule has 1 aliphatic carbocycles. The van der Waals surface area contributed by atoms with Gasteiger partial charge in [0.15, 0.2) is 0 Å². The van der Waals surface area contributed by atoms with Crippen molar-refractivity contribution in [2.24, 2.45) is 23.7 Å². The first-order valence-corrected chi connectivity index (χ1v) is 41.8. The second-order valence-electron chi connectivity index (χ2n) is 30.3. The van der Waals surface area contributed by atoms with Crippen molar-refractivity contribution in [1.82, 2.24) is 0 Å². The third kappa shape index (κ3) is 62.5. The fourth-order valence-electron chi connectivity index (χ4n) is 15.0. The highest BCUT2D eigenvalue weighted by Crippen LogP contribution is 2.46. The van der Waals surface area contributed by atoms with E-state index in [4.69, 9.17) is 0 Å². The lowest BCUT2D eigenvalue weighted by atomic mass is 9.91. The molecular formula is C84H164O4. The average molecular weight is 1240 g/mol. The van der Waals surface area contributed by atoms with Crippen LogP contribution in [0.5, 0.6) is 0 Å². The minimum absolute atomic E-state index is 0.281. The third-order valence-electron chi connectivity index (χ3n) is 21.6. The number of hydrogen-bond acceptors (Lipinski definition) is 3. The van der Waals surface area contributed by atoms with Crippen molar-refractivity contribution >= 4 is 11.8 Å². The Labute approximate surface area is 554 Å². The molecule has 1 fully saturated rings. The summed E-state index contributed by atoms with van der Waals surface area (Å²) >= 11 is 0. The number of unbranched alkanes of at least 4 members (excludes halogenated alkanes) is 63. The quantitative estimate of drug-likeness (QED) is 0.0595. The Morgan fingerprint density at radius 2 is 0.489 bits per heavy atom. The van der Waals surface area contributed by atoms with Gasteiger partial charge in [0.2, 0.25) is 0 Å². The molecule has 0 spiro atoms. The highest BCUT2D eigenvalue weighted by Gasteiger charge is 2.35. The largest absolute Gasteiger partial charge is 0.481 e. The first-order valence-electron chi connectivity index (χ1n) is 41.8. The SMILES string of the molecule is CCCCCCCCCCCCCCCCCCCCCCCC[C@@H](C(=O)O)[C@H](O)CCCCCCCCCCCCCCC[C@@H]1C[C@@H]1CCCCCCCCCCCCCCCCCCC(=O)C(C)CCCCCCCCCCCCCCCCCC. The molecule has 4 nitrogen and oxygen atoms in total. The van der Waals surface area contributed by atoms with Gasteiger partial charge in [-0.15, -0.1) is 0 Å². The van der Waals surface area contributed by atoms with Crippen LogP contribution in [0.15, 0.2) is 0 Å². The van der Waals surface area contributed by atoms with Gasteiger partial charge in [0.1, 0.15) is 5.78 Å². The van der Waals surface area contributed by atoms with Crippen LogP contribution in [-0.2, 0) is 9.59 Å². The first-order chi connectivity index (χ1) is 43.4. The van der Waals surface area contributed by atoms with Crippen molar-refractivity contribution < 1.29 is 19.8 Å². The molecule has 0 saturated heterocycles. The fraction of sp³-hybridized carbons (Fsp3) is 0.976. The lowest BCUT2D eigenvalue weighted by Crippen LogP contribution is -2.28. The fourth-order valence-corrected chi connectivity index (χ4v) is 15.0. The predicted molar refractivity (Wildman–Crippen MR) is 391 cm³/mol. The summed E-state index contributed by atoms with van der Waals surface area (Å²) in [5.74, 6) is 1.58. The third-order valence-corrected chi connectivity index (χ3v) is 21.6. The van der Waals surface area contributed by atoms with E-state index in [0.717, 1.165) is 56.8 Å². The van der Waals surface area contributed by atoms with Crippen LogP contribution in [0.3, 0.4) is 0 Å². The Kier molecular flexibility index (Phi) is 68.1. The Morgan fingerprint density at radius 1 is 0.284 bits per heavy atom. The Balaban J connectivity index is 1.75. The van der Waals surface area contributed by atoms with Gasteiger partial charge in [-0.25, -0.2) is 0 Å². The number of rotatable bonds is 78. The number of carbonyl (C=O) groups excluding carboxylic acids is 1. The van der Waals surface area contributed by atoms with Gasteiger partial charge in [-0.05, 0) is 43.9 Å². The average Bonchev–Trinajstić information content (AvgIpc) is 4.30. The molecule has 0 aromatic rings. The van der Waals surface area contributed by atoms with Gasteiger partial charge in [-0.2, -0.15) is 0 Å². The molecule has 4 heteroatoms. The molecule has 1 aliphatic rings. The van der Waals surface area contributed by atoms with Gasteiger partial charge >= 0.3 is 5.97 Å². The molecule has 0 heterocycles. The zero-order valence-electron chi connectivity index (χ0n) is 60.9. The zero-order valence-corrected chi connectivity index (χ0v) is 60.9. The molecule has 0 radical (unpaired) electrons. The van der Waals surface area contributed by atoms with Crippen molar-refractivity contribution in [3.05, 3.63) is 0 Å². The topological polar surface area (TPSA) is 74.6 Å². The molecule has 1 unspecified atom stereocenters. The number of carboxylic acid groups (broad SMARTS) is 1. The van der Waals surface area contributed by atoms with Crippen LogP contribution in [0.1, 0.15) is 496 Å². The minimum atomic E-state index is -0.800. The first kappa shape index (κ1) is 85.1. The van der Waals surface area contributed by atoms with Gasteiger partial charge in [0, 0.05) is 12.3 Å². The second kappa shape index (κ2) is 70.4. The summed E-state index contributed by atoms with van der Waals surface area (Å²) in [6, 6.07) is 0. The summed E-state index contributed by atoms with van der Waals surface area (Å²) in [6.45, 7) is 6.79. The molecule has 0 aliphatic heterocycles. The summed E-state index contributed by atoms with van der Waals surface area (Å²) in [5.41, 5.74) is 0. The van der Waals surface area contributed by atoms with E-state index in [-0.39, 0.29) is 5.92 Å². The molecule has 524 valence electrons. The van der Waals surface area contributed by atoms with E-state index in [1.807, 2.05) is 0 Å². The number of carboxylic acids is 1. The molecule has 0 amide bonds. The number of aliphatic carboxylic acids is 1. The predicted octanol–water partition coefficient (Wildman–Crippen LogP) is 29.4. The van der Waals surface area contributed by atoms with Crippen LogP contribution in [0, 0.1) is 23.7 Å². The van der Waals surface area contributed by atoms with Crippen LogP contribution in [0.25, 0.3) is 0 Å². The zero-order chi connectivity index (χ0) is 63.4. The normalized spacial score (nSPS) is 15.1. The molecule has 1 saturated carbocycles. The van der Waals surface area contributed by atoms with Gasteiger partial charge in [-0.3, -0.25) is 9.59 Å². The van der Waals surface area contributed by atoms with Crippen molar-refractivity contribution in [1.29, 1.82) is 0 Å². The number of carbonyl (C=O) groups is 2. The maximum absolute atomic E-state index is 12.7. The summed E-state index contributed by atoms with van der Waals surface area (Å²) in [7, 11) is 0. The number of aliphatic hydroxyl groups is 1. The smallest absolute Gasteiger partial charge is 0.309 e. The maximum atomic E-state index is 12.7. The molecule has 0 aromatic carbocycles. The van der Waals surface area contributed by atoms with Crippen LogP contribution in [0.2, 0.25) is 0 Å². The van der Waals surface area contributed by atoms with Crippen molar-refractivity contribution in [2.45, 2.75) is 502 Å². The molecule has 2 N–H and O–H groups in total. The van der Waals surface area contributed by atoms with E-state index in [2.05, 4.69) is 20.8 Å². The van der Waals surface area contributed by atoms with E-state index in [1.165, 1.54) is 417 Å². The van der Waals surface area contributed by atoms with Gasteiger partial charge in [0.05, 0.1) is 12.0 Å². The molecule has 1 rings (SSSR count). The van der Waals surface area contributed by atoms with E-state index in [0.29, 0.717) is 18.6 Å². The van der Waals surface area contributed by atoms with Crippen LogP contribution >= 0.6 is 0 Å². The Hall–Kier alpha value is -0.900. The number of hydrogen-bond donors (Lipinski definition) is 2. The van der Waals surface area contributed by atoms with Crippen LogP contribution < -0.4 is 0 Å². The van der Waals surface area contributed by atoms with Crippen molar-refractivity contribution in [3.63, 3.8) is 0 Å². The number of Topliss-reactive ketones (excluding diaryl/α,β-unsaturated/α-hetero) is 1. The lowest BCUT2D eigenvalue weighted by molar-refractivity contribution is -0.146. The molecule has 0 aromatic heterocycles. The molecule has 88 heavy (non-hydrogen) atoms. The standard InChI is InChI=1S/C84H164O4/c1-4-6-8-10-12-14-16-18-20-22-23-24-25-26-27-32-38-44-50-56-62-68-74-81(84(87)88)83(86)76-70-64-58-52-46-40-34-37-43-49-55-61-67-73-80-77-79(80)72-66-60-54-48-42-36-31-28-29-33-39-45-51-57-63-69-75-82(85)78(3)71-65-59-53-47-41-35-30-21-19-17-15-13-11-9-7-5-2/h78-81,83,86H,4-77H2,1-3H3,(H,87,88)/t78?,79-,80+,81+,83+/m0/s1. The highest BCUT2D eigenvalue weighted by atomic mass is 16.4. The van der Waals surface area contributed by atoms with E-state index in [9.17, 15) is 19.8 Å². The van der Waals surface area contributed by atoms with Gasteiger partial charge in [0.25, 0.3) is 0 Å². The Morgan fingerprint density at radius 3 is 0.739 bits per heavy atom. The Bertz CT molecular complexity index is 1360. The number of aliphatic hydroxyl groups excluding tert-OH is 1. The van der Waals surface area contributed by atoms with Crippen LogP contribution in [0.4, 0.5) is 0 Å². The molecular weight excluding hydrogens is 1070 g/mol. The minimum Gasteiger partial charge on any atom is -0.481 e. The van der Waals surface area contributed by atoms with Crippen molar-refractivity contribution in [2.75, 3.05) is 0 Å². The monoisotopic (exact) mass is 1240 g/mol. The summed E-state index contributed by atoms with van der Waals surface area (Å²) < 4.78 is 0. The highest BCUT2D eigenvalue weighted by molar-refractivity contribution is 5.80. The summed E-state index contributed by atoms with van der Waals surface area (Å²) in [4.78, 5) is 24.7. The van der Waals surface area contributed by atoms with Gasteiger partial charge < -0.3 is 10.2 Å². The lowest BCUT2D eigenvalue weighted by Gasteiger charge is -2.19. The molecule has 0 bridgehead atoms. The van der Waals surface area contributed by atoms with E-state index in [1.54, 1.807) is 0 Å². The van der Waals surface area contributed by atoms with Gasteiger partial charge in [-0.1, -0.05) is 457 Å². The number of ketones is 1. The van der Waals surface area contributed by atoms with E-state index < -0.39 is 18.0 Å².